The maximum absolute atomic E-state index is 11.4. The Bertz CT molecular complexity index is 442. The number of aliphatic hydroxyl groups excluding tert-OH is 1. The average molecular weight is 299 g/mol. The third-order valence-electron chi connectivity index (χ3n) is 2.54. The molecule has 1 unspecified atom stereocenters. The van der Waals surface area contributed by atoms with Gasteiger partial charge < -0.3 is 23.7 Å². The summed E-state index contributed by atoms with van der Waals surface area (Å²) in [5.74, 6) is 0.665. The molecular weight excluding hydrogens is 278 g/mol. The van der Waals surface area contributed by atoms with E-state index in [1.807, 2.05) is 0 Å². The molecule has 1 rings (SSSR count). The Morgan fingerprint density at radius 2 is 2.29 bits per heavy atom. The number of methoxy groups -OCH3 is 1. The van der Waals surface area contributed by atoms with Gasteiger partial charge in [0.2, 0.25) is 0 Å². The van der Waals surface area contributed by atoms with Gasteiger partial charge in [-0.3, -0.25) is 4.99 Å². The first-order valence-corrected chi connectivity index (χ1v) is 6.64. The molecule has 0 spiro atoms. The van der Waals surface area contributed by atoms with Crippen LogP contribution in [-0.4, -0.2) is 56.9 Å². The number of ether oxygens (including phenoxy) is 3. The van der Waals surface area contributed by atoms with Gasteiger partial charge in [0, 0.05) is 7.11 Å². The topological polar surface area (TPSA) is 90.5 Å². The summed E-state index contributed by atoms with van der Waals surface area (Å²) in [5.41, 5.74) is 0. The van der Waals surface area contributed by atoms with Gasteiger partial charge in [-0.05, 0) is 19.1 Å². The Morgan fingerprint density at radius 1 is 1.48 bits per heavy atom. The van der Waals surface area contributed by atoms with Crippen molar-refractivity contribution in [1.29, 1.82) is 0 Å². The molecule has 0 aliphatic heterocycles. The highest BCUT2D eigenvalue weighted by Gasteiger charge is 2.13. The maximum atomic E-state index is 11.4. The Hall–Kier alpha value is -1.70. The standard InChI is InChI=1S/C14H21NO6/c1-11(18-2)14(17)20-10-13-4-3-12(21-13)9-15-5-7-19-8-6-16/h3-4,9,11,16H,5-8,10H2,1-2H3. The molecule has 0 saturated carbocycles. The van der Waals surface area contributed by atoms with Crippen LogP contribution in [0.1, 0.15) is 18.4 Å². The fourth-order valence-electron chi connectivity index (χ4n) is 1.34. The predicted molar refractivity (Wildman–Crippen MR) is 75.3 cm³/mol. The number of rotatable bonds is 10. The Balaban J connectivity index is 2.29. The van der Waals surface area contributed by atoms with Crippen molar-refractivity contribution in [3.63, 3.8) is 0 Å². The van der Waals surface area contributed by atoms with E-state index in [0.29, 0.717) is 31.3 Å². The summed E-state index contributed by atoms with van der Waals surface area (Å²) in [5, 5.41) is 8.52. The smallest absolute Gasteiger partial charge is 0.335 e. The van der Waals surface area contributed by atoms with Gasteiger partial charge >= 0.3 is 5.97 Å². The molecule has 0 aliphatic carbocycles. The lowest BCUT2D eigenvalue weighted by Gasteiger charge is -2.07. The molecule has 1 aromatic heterocycles. The molecule has 7 heteroatoms. The summed E-state index contributed by atoms with van der Waals surface area (Å²) in [6.07, 6.45) is 0.978. The number of carbonyl (C=O) groups excluding carboxylic acids is 1. The third-order valence-corrected chi connectivity index (χ3v) is 2.54. The second kappa shape index (κ2) is 10.1. The second-order valence-corrected chi connectivity index (χ2v) is 4.16. The molecule has 1 aromatic rings. The van der Waals surface area contributed by atoms with Gasteiger partial charge in [0.25, 0.3) is 0 Å². The zero-order chi connectivity index (χ0) is 15.5. The quantitative estimate of drug-likeness (QED) is 0.390. The first-order valence-electron chi connectivity index (χ1n) is 6.64. The zero-order valence-corrected chi connectivity index (χ0v) is 12.3. The average Bonchev–Trinajstić information content (AvgIpc) is 2.95. The summed E-state index contributed by atoms with van der Waals surface area (Å²) in [7, 11) is 1.44. The van der Waals surface area contributed by atoms with Crippen LogP contribution in [0.3, 0.4) is 0 Å². The van der Waals surface area contributed by atoms with Crippen molar-refractivity contribution in [2.45, 2.75) is 19.6 Å². The molecule has 0 amide bonds. The van der Waals surface area contributed by atoms with Crippen molar-refractivity contribution in [1.82, 2.24) is 0 Å². The number of nitrogens with zero attached hydrogens (tertiary/aromatic N) is 1. The number of aliphatic imine (C=N–C) groups is 1. The number of esters is 1. The van der Waals surface area contributed by atoms with Crippen LogP contribution in [0.4, 0.5) is 0 Å². The van der Waals surface area contributed by atoms with E-state index in [1.54, 1.807) is 25.3 Å². The van der Waals surface area contributed by atoms with Gasteiger partial charge in [0.05, 0.1) is 32.6 Å². The number of hydrogen-bond acceptors (Lipinski definition) is 7. The second-order valence-electron chi connectivity index (χ2n) is 4.16. The van der Waals surface area contributed by atoms with Crippen LogP contribution >= 0.6 is 0 Å². The molecular formula is C14H21NO6. The molecule has 7 nitrogen and oxygen atoms in total. The highest BCUT2D eigenvalue weighted by molar-refractivity contribution is 5.76. The fourth-order valence-corrected chi connectivity index (χ4v) is 1.34. The van der Waals surface area contributed by atoms with Crippen molar-refractivity contribution in [3.05, 3.63) is 23.7 Å². The van der Waals surface area contributed by atoms with Crippen molar-refractivity contribution in [2.75, 3.05) is 33.5 Å². The van der Waals surface area contributed by atoms with Gasteiger partial charge in [0.15, 0.2) is 6.10 Å². The van der Waals surface area contributed by atoms with E-state index in [9.17, 15) is 4.79 Å². The van der Waals surface area contributed by atoms with E-state index in [0.717, 1.165) is 0 Å². The van der Waals surface area contributed by atoms with Gasteiger partial charge in [-0.15, -0.1) is 0 Å². The van der Waals surface area contributed by atoms with E-state index in [-0.39, 0.29) is 13.2 Å². The van der Waals surface area contributed by atoms with Crippen LogP contribution in [0.5, 0.6) is 0 Å². The molecule has 0 fully saturated rings. The molecule has 0 aromatic carbocycles. The van der Waals surface area contributed by atoms with E-state index in [4.69, 9.17) is 23.7 Å². The van der Waals surface area contributed by atoms with Crippen molar-refractivity contribution in [3.8, 4) is 0 Å². The van der Waals surface area contributed by atoms with E-state index in [1.165, 1.54) is 7.11 Å². The normalized spacial score (nSPS) is 12.7. The Kier molecular flexibility index (Phi) is 8.34. The highest BCUT2D eigenvalue weighted by atomic mass is 16.6. The maximum Gasteiger partial charge on any atom is 0.335 e. The fraction of sp³-hybridized carbons (Fsp3) is 0.571. The minimum absolute atomic E-state index is 0.00562. The van der Waals surface area contributed by atoms with E-state index >= 15 is 0 Å². The molecule has 1 atom stereocenters. The van der Waals surface area contributed by atoms with Crippen molar-refractivity contribution in [2.24, 2.45) is 4.99 Å². The van der Waals surface area contributed by atoms with Crippen LogP contribution in [0.25, 0.3) is 0 Å². The highest BCUT2D eigenvalue weighted by Crippen LogP contribution is 2.08. The minimum Gasteiger partial charge on any atom is -0.456 e. The number of aliphatic hydroxyl groups is 1. The number of furan rings is 1. The predicted octanol–water partition coefficient (Wildman–Crippen LogP) is 0.786. The number of hydrogen-bond donors (Lipinski definition) is 1. The van der Waals surface area contributed by atoms with Gasteiger partial charge in [-0.2, -0.15) is 0 Å². The minimum atomic E-state index is -0.597. The van der Waals surface area contributed by atoms with Gasteiger partial charge in [-0.25, -0.2) is 4.79 Å². The van der Waals surface area contributed by atoms with Gasteiger partial charge in [-0.1, -0.05) is 0 Å². The molecule has 0 aliphatic rings. The lowest BCUT2D eigenvalue weighted by Crippen LogP contribution is -2.21. The summed E-state index contributed by atoms with van der Waals surface area (Å²) >= 11 is 0. The van der Waals surface area contributed by atoms with Crippen LogP contribution in [0, 0.1) is 0 Å². The monoisotopic (exact) mass is 299 g/mol. The summed E-state index contributed by atoms with van der Waals surface area (Å²) in [4.78, 5) is 15.5. The summed E-state index contributed by atoms with van der Waals surface area (Å²) in [6.45, 7) is 2.91. The molecule has 1 heterocycles. The Morgan fingerprint density at radius 3 is 3.00 bits per heavy atom. The summed E-state index contributed by atoms with van der Waals surface area (Å²) < 4.78 is 20.4. The molecule has 0 radical (unpaired) electrons. The largest absolute Gasteiger partial charge is 0.456 e. The van der Waals surface area contributed by atoms with Crippen LogP contribution < -0.4 is 0 Å². The molecule has 21 heavy (non-hydrogen) atoms. The molecule has 0 bridgehead atoms. The molecule has 1 N–H and O–H groups in total. The SMILES string of the molecule is COC(C)C(=O)OCc1ccc(C=NCCOCCO)o1. The number of carbonyl (C=O) groups is 1. The third kappa shape index (κ3) is 7.03. The lowest BCUT2D eigenvalue weighted by molar-refractivity contribution is -0.156. The van der Waals surface area contributed by atoms with Crippen LogP contribution in [0.15, 0.2) is 21.5 Å². The lowest BCUT2D eigenvalue weighted by atomic mass is 10.4. The first kappa shape index (κ1) is 17.4. The van der Waals surface area contributed by atoms with E-state index in [2.05, 4.69) is 4.99 Å². The Labute approximate surface area is 123 Å². The molecule has 0 saturated heterocycles. The van der Waals surface area contributed by atoms with Gasteiger partial charge in [0.1, 0.15) is 18.1 Å². The summed E-state index contributed by atoms with van der Waals surface area (Å²) in [6, 6.07) is 3.45. The van der Waals surface area contributed by atoms with Crippen molar-refractivity contribution < 1.29 is 28.5 Å². The van der Waals surface area contributed by atoms with Crippen molar-refractivity contribution >= 4 is 12.2 Å². The van der Waals surface area contributed by atoms with Crippen LogP contribution in [0.2, 0.25) is 0 Å². The van der Waals surface area contributed by atoms with E-state index < -0.39 is 12.1 Å². The van der Waals surface area contributed by atoms with Crippen LogP contribution in [-0.2, 0) is 25.6 Å². The molecule has 118 valence electrons. The first-order chi connectivity index (χ1) is 10.2. The zero-order valence-electron chi connectivity index (χ0n) is 12.3.